The third kappa shape index (κ3) is 1.36. The molecule has 3 heteroatoms. The van der Waals surface area contributed by atoms with Gasteiger partial charge in [0.2, 0.25) is 0 Å². The topological polar surface area (TPSA) is 38.7 Å². The van der Waals surface area contributed by atoms with Crippen molar-refractivity contribution in [2.75, 3.05) is 0 Å². The van der Waals surface area contributed by atoms with Gasteiger partial charge in [-0.1, -0.05) is 25.7 Å². The van der Waals surface area contributed by atoms with E-state index in [1.807, 2.05) is 0 Å². The van der Waals surface area contributed by atoms with Crippen LogP contribution in [0.2, 0.25) is 0 Å². The van der Waals surface area contributed by atoms with Gasteiger partial charge in [-0.2, -0.15) is 0 Å². The summed E-state index contributed by atoms with van der Waals surface area (Å²) in [4.78, 5) is 0. The molecule has 3 heterocycles. The molecule has 0 radical (unpaired) electrons. The molecule has 4 unspecified atom stereocenters. The SMILES string of the molecule is O[C@@]12O[C@@]34CCCCC3CC13CCCC2CC1CCCC[C@@]13O4. The van der Waals surface area contributed by atoms with Crippen molar-refractivity contribution in [3.8, 4) is 0 Å². The molecule has 3 aliphatic heterocycles. The molecule has 128 valence electrons. The highest BCUT2D eigenvalue weighted by atomic mass is 16.8. The van der Waals surface area contributed by atoms with Crippen LogP contribution in [-0.2, 0) is 9.47 Å². The van der Waals surface area contributed by atoms with Crippen LogP contribution in [0.1, 0.15) is 83.5 Å². The molecule has 7 aliphatic rings. The second-order valence-corrected chi connectivity index (χ2v) is 9.60. The van der Waals surface area contributed by atoms with Crippen molar-refractivity contribution in [3.05, 3.63) is 0 Å². The van der Waals surface area contributed by atoms with Gasteiger partial charge < -0.3 is 14.6 Å². The summed E-state index contributed by atoms with van der Waals surface area (Å²) >= 11 is 0. The Labute approximate surface area is 139 Å². The molecule has 1 N–H and O–H groups in total. The molecule has 3 saturated heterocycles. The summed E-state index contributed by atoms with van der Waals surface area (Å²) < 4.78 is 13.8. The van der Waals surface area contributed by atoms with Crippen molar-refractivity contribution in [3.63, 3.8) is 0 Å². The molecule has 3 nitrogen and oxygen atoms in total. The summed E-state index contributed by atoms with van der Waals surface area (Å²) in [5.74, 6) is 0.231. The van der Waals surface area contributed by atoms with Crippen LogP contribution >= 0.6 is 0 Å². The molecule has 4 aliphatic carbocycles. The Morgan fingerprint density at radius 1 is 0.739 bits per heavy atom. The molecule has 23 heavy (non-hydrogen) atoms. The van der Waals surface area contributed by atoms with E-state index in [1.165, 1.54) is 57.8 Å². The molecule has 0 aromatic carbocycles. The second kappa shape index (κ2) is 4.16. The summed E-state index contributed by atoms with van der Waals surface area (Å²) in [6, 6.07) is 0. The Morgan fingerprint density at radius 2 is 1.52 bits per heavy atom. The number of ether oxygens (including phenoxy) is 2. The van der Waals surface area contributed by atoms with Crippen LogP contribution in [0.3, 0.4) is 0 Å². The highest BCUT2D eigenvalue weighted by Gasteiger charge is 2.82. The molecule has 0 aromatic heterocycles. The maximum absolute atomic E-state index is 11.9. The summed E-state index contributed by atoms with van der Waals surface area (Å²) in [5.41, 5.74) is -0.168. The van der Waals surface area contributed by atoms with E-state index in [9.17, 15) is 5.11 Å². The van der Waals surface area contributed by atoms with Crippen LogP contribution in [-0.4, -0.2) is 22.3 Å². The van der Waals surface area contributed by atoms with E-state index < -0.39 is 11.6 Å². The summed E-state index contributed by atoms with van der Waals surface area (Å²) in [6.45, 7) is 0. The van der Waals surface area contributed by atoms with Gasteiger partial charge in [0, 0.05) is 18.3 Å². The highest BCUT2D eigenvalue weighted by molar-refractivity contribution is 5.25. The van der Waals surface area contributed by atoms with E-state index in [1.54, 1.807) is 0 Å². The standard InChI is InChI=1S/C20H30O3/c21-20-15-8-5-9-17(20)13-16-7-2-4-11-19(16,23-20)22-18(17)10-3-1-6-14(18)12-15/h14-16,21H,1-13H2/t14?,15?,16?,17?,18-,19+,20+/m1/s1. The van der Waals surface area contributed by atoms with E-state index in [0.717, 1.165) is 25.7 Å². The van der Waals surface area contributed by atoms with Crippen LogP contribution in [0.4, 0.5) is 0 Å². The number of hydrogen-bond acceptors (Lipinski definition) is 3. The smallest absolute Gasteiger partial charge is 0.180 e. The first-order chi connectivity index (χ1) is 11.1. The lowest BCUT2D eigenvalue weighted by Gasteiger charge is -2.79. The predicted molar refractivity (Wildman–Crippen MR) is 85.5 cm³/mol. The van der Waals surface area contributed by atoms with Crippen molar-refractivity contribution in [2.45, 2.75) is 101 Å². The minimum absolute atomic E-state index is 0.0665. The van der Waals surface area contributed by atoms with E-state index in [2.05, 4.69) is 0 Å². The Hall–Kier alpha value is -0.120. The average Bonchev–Trinajstić information content (AvgIpc) is 2.52. The summed E-state index contributed by atoms with van der Waals surface area (Å²) in [7, 11) is 0. The van der Waals surface area contributed by atoms with Gasteiger partial charge in [-0.25, -0.2) is 0 Å². The highest BCUT2D eigenvalue weighted by Crippen LogP contribution is 2.77. The van der Waals surface area contributed by atoms with E-state index in [-0.39, 0.29) is 11.0 Å². The summed E-state index contributed by atoms with van der Waals surface area (Å²) in [5, 5.41) is 11.9. The van der Waals surface area contributed by atoms with Gasteiger partial charge in [-0.3, -0.25) is 0 Å². The van der Waals surface area contributed by atoms with Crippen molar-refractivity contribution in [1.82, 2.24) is 0 Å². The zero-order valence-electron chi connectivity index (χ0n) is 14.2. The molecule has 0 amide bonds. The van der Waals surface area contributed by atoms with E-state index in [0.29, 0.717) is 17.8 Å². The van der Waals surface area contributed by atoms with E-state index >= 15 is 0 Å². The van der Waals surface area contributed by atoms with Gasteiger partial charge in [-0.15, -0.1) is 0 Å². The fourth-order valence-corrected chi connectivity index (χ4v) is 8.27. The predicted octanol–water partition coefficient (Wildman–Crippen LogP) is 4.13. The van der Waals surface area contributed by atoms with Crippen LogP contribution in [0.15, 0.2) is 0 Å². The maximum Gasteiger partial charge on any atom is 0.180 e. The lowest BCUT2D eigenvalue weighted by Crippen LogP contribution is -2.85. The van der Waals surface area contributed by atoms with Gasteiger partial charge in [0.15, 0.2) is 11.6 Å². The summed E-state index contributed by atoms with van der Waals surface area (Å²) in [6.07, 6.45) is 15.7. The molecule has 5 bridgehead atoms. The third-order valence-electron chi connectivity index (χ3n) is 9.01. The van der Waals surface area contributed by atoms with Crippen LogP contribution in [0.25, 0.3) is 0 Å². The molecule has 0 aromatic rings. The first-order valence-electron chi connectivity index (χ1n) is 10.3. The second-order valence-electron chi connectivity index (χ2n) is 9.60. The van der Waals surface area contributed by atoms with Gasteiger partial charge in [0.25, 0.3) is 0 Å². The lowest BCUT2D eigenvalue weighted by atomic mass is 9.40. The average molecular weight is 318 g/mol. The Kier molecular flexibility index (Phi) is 2.55. The fourth-order valence-electron chi connectivity index (χ4n) is 8.27. The zero-order chi connectivity index (χ0) is 15.3. The van der Waals surface area contributed by atoms with Crippen molar-refractivity contribution in [2.24, 2.45) is 23.2 Å². The maximum atomic E-state index is 11.9. The normalized spacial score (nSPS) is 63.3. The zero-order valence-corrected chi connectivity index (χ0v) is 14.2. The molecule has 7 atom stereocenters. The van der Waals surface area contributed by atoms with Crippen molar-refractivity contribution in [1.29, 1.82) is 0 Å². The van der Waals surface area contributed by atoms with Crippen LogP contribution in [0, 0.1) is 23.2 Å². The third-order valence-corrected chi connectivity index (χ3v) is 9.01. The molecule has 7 fully saturated rings. The lowest BCUT2D eigenvalue weighted by molar-refractivity contribution is -0.565. The molecule has 4 saturated carbocycles. The van der Waals surface area contributed by atoms with Crippen LogP contribution in [0.5, 0.6) is 0 Å². The first-order valence-corrected chi connectivity index (χ1v) is 10.3. The molecule has 3 spiro atoms. The monoisotopic (exact) mass is 318 g/mol. The van der Waals surface area contributed by atoms with Gasteiger partial charge >= 0.3 is 0 Å². The first kappa shape index (κ1) is 14.1. The molecule has 7 rings (SSSR count). The molecular weight excluding hydrogens is 288 g/mol. The molecular formula is C20H30O3. The minimum atomic E-state index is -0.884. The van der Waals surface area contributed by atoms with Crippen molar-refractivity contribution >= 4 is 0 Å². The quantitative estimate of drug-likeness (QED) is 0.730. The minimum Gasteiger partial charge on any atom is -0.365 e. The Morgan fingerprint density at radius 3 is 2.43 bits per heavy atom. The Bertz CT molecular complexity index is 549. The van der Waals surface area contributed by atoms with E-state index in [4.69, 9.17) is 9.47 Å². The van der Waals surface area contributed by atoms with Gasteiger partial charge in [-0.05, 0) is 57.3 Å². The Balaban J connectivity index is 1.58. The van der Waals surface area contributed by atoms with Gasteiger partial charge in [0.05, 0.1) is 11.0 Å². The largest absolute Gasteiger partial charge is 0.365 e. The fraction of sp³-hybridized carbons (Fsp3) is 1.00. The van der Waals surface area contributed by atoms with Gasteiger partial charge in [0.1, 0.15) is 0 Å². The number of rotatable bonds is 0. The van der Waals surface area contributed by atoms with Crippen molar-refractivity contribution < 1.29 is 14.6 Å². The van der Waals surface area contributed by atoms with Crippen LogP contribution < -0.4 is 0 Å². The number of hydrogen-bond donors (Lipinski definition) is 1. The number of aliphatic hydroxyl groups is 1.